The molecule has 1 N–H and O–H groups in total. The molecule has 0 aliphatic carbocycles. The van der Waals surface area contributed by atoms with Crippen molar-refractivity contribution in [2.45, 2.75) is 13.0 Å². The summed E-state index contributed by atoms with van der Waals surface area (Å²) >= 11 is 0. The summed E-state index contributed by atoms with van der Waals surface area (Å²) in [5, 5.41) is 2.94. The molecule has 3 rings (SSSR count). The first-order chi connectivity index (χ1) is 10.7. The Hall–Kier alpha value is -2.88. The van der Waals surface area contributed by atoms with Crippen molar-refractivity contribution in [3.05, 3.63) is 67.5 Å². The minimum Gasteiger partial charge on any atom is -0.322 e. The van der Waals surface area contributed by atoms with Gasteiger partial charge in [-0.25, -0.2) is 9.13 Å². The van der Waals surface area contributed by atoms with Gasteiger partial charge in [-0.05, 0) is 31.2 Å². The van der Waals surface area contributed by atoms with Gasteiger partial charge in [-0.2, -0.15) is 0 Å². The number of amides is 1. The van der Waals surface area contributed by atoms with Gasteiger partial charge in [-0.1, -0.05) is 36.9 Å². The van der Waals surface area contributed by atoms with Crippen LogP contribution >= 0.6 is 0 Å². The van der Waals surface area contributed by atoms with Crippen LogP contribution in [0.2, 0.25) is 0 Å². The van der Waals surface area contributed by atoms with Crippen molar-refractivity contribution in [3.8, 4) is 0 Å². The maximum atomic E-state index is 12.5. The zero-order valence-corrected chi connectivity index (χ0v) is 12.4. The summed E-state index contributed by atoms with van der Waals surface area (Å²) in [6, 6.07) is 17.1. The lowest BCUT2D eigenvalue weighted by Gasteiger charge is -2.10. The molecule has 0 spiro atoms. The number of carbonyl (C=O) groups is 1. The summed E-state index contributed by atoms with van der Waals surface area (Å²) in [5.41, 5.74) is 2.82. The number of aromatic nitrogens is 2. The summed E-state index contributed by atoms with van der Waals surface area (Å²) in [4.78, 5) is 12.5. The largest absolute Gasteiger partial charge is 0.322 e. The van der Waals surface area contributed by atoms with E-state index < -0.39 is 0 Å². The van der Waals surface area contributed by atoms with Gasteiger partial charge in [0.1, 0.15) is 0 Å². The molecule has 4 nitrogen and oxygen atoms in total. The first kappa shape index (κ1) is 14.1. The van der Waals surface area contributed by atoms with E-state index in [2.05, 4.69) is 11.9 Å². The molecule has 0 fully saturated rings. The zero-order valence-electron chi connectivity index (χ0n) is 12.4. The molecule has 1 atom stereocenters. The van der Waals surface area contributed by atoms with E-state index in [9.17, 15) is 4.79 Å². The predicted octanol–water partition coefficient (Wildman–Crippen LogP) is 3.23. The molecule has 0 bridgehead atoms. The smallest absolute Gasteiger partial charge is 0.269 e. The molecule has 1 heterocycles. The van der Waals surface area contributed by atoms with Crippen LogP contribution in [-0.4, -0.2) is 10.5 Å². The molecule has 0 saturated carbocycles. The number of carbonyl (C=O) groups excluding carboxylic acids is 1. The maximum Gasteiger partial charge on any atom is 0.269 e. The Kier molecular flexibility index (Phi) is 3.74. The third-order valence-electron chi connectivity index (χ3n) is 3.72. The van der Waals surface area contributed by atoms with E-state index in [4.69, 9.17) is 0 Å². The summed E-state index contributed by atoms with van der Waals surface area (Å²) in [7, 11) is 0. The fourth-order valence-corrected chi connectivity index (χ4v) is 2.51. The van der Waals surface area contributed by atoms with Crippen LogP contribution in [0.3, 0.4) is 0 Å². The third-order valence-corrected chi connectivity index (χ3v) is 3.72. The molecule has 110 valence electrons. The molecule has 0 aliphatic heterocycles. The molecule has 0 unspecified atom stereocenters. The lowest BCUT2D eigenvalue weighted by Crippen LogP contribution is -2.43. The second-order valence-corrected chi connectivity index (χ2v) is 5.13. The van der Waals surface area contributed by atoms with Gasteiger partial charge >= 0.3 is 0 Å². The van der Waals surface area contributed by atoms with Crippen molar-refractivity contribution in [2.24, 2.45) is 0 Å². The first-order valence-corrected chi connectivity index (χ1v) is 7.20. The number of hydrogen-bond acceptors (Lipinski definition) is 1. The van der Waals surface area contributed by atoms with Crippen LogP contribution in [0.1, 0.15) is 13.0 Å². The topological polar surface area (TPSA) is 37.9 Å². The Balaban J connectivity index is 1.93. The van der Waals surface area contributed by atoms with Gasteiger partial charge in [0, 0.05) is 5.69 Å². The van der Waals surface area contributed by atoms with Crippen molar-refractivity contribution >= 4 is 28.8 Å². The van der Waals surface area contributed by atoms with Gasteiger partial charge in [0.25, 0.3) is 5.91 Å². The lowest BCUT2D eigenvalue weighted by molar-refractivity contribution is -0.680. The molecular weight excluding hydrogens is 274 g/mol. The Morgan fingerprint density at radius 2 is 1.86 bits per heavy atom. The van der Waals surface area contributed by atoms with Crippen LogP contribution in [0.15, 0.2) is 67.5 Å². The van der Waals surface area contributed by atoms with Gasteiger partial charge in [0.15, 0.2) is 17.1 Å². The van der Waals surface area contributed by atoms with Crippen molar-refractivity contribution in [1.82, 2.24) is 4.57 Å². The zero-order chi connectivity index (χ0) is 15.5. The highest BCUT2D eigenvalue weighted by atomic mass is 16.2. The monoisotopic (exact) mass is 292 g/mol. The number of rotatable bonds is 4. The number of imidazole rings is 1. The molecule has 1 amide bonds. The normalized spacial score (nSPS) is 12.0. The van der Waals surface area contributed by atoms with Crippen LogP contribution in [-0.2, 0) is 4.79 Å². The lowest BCUT2D eigenvalue weighted by atomic mass is 10.2. The van der Waals surface area contributed by atoms with Gasteiger partial charge in [0.05, 0.1) is 6.20 Å². The summed E-state index contributed by atoms with van der Waals surface area (Å²) in [6.45, 7) is 5.70. The highest BCUT2D eigenvalue weighted by Gasteiger charge is 2.24. The van der Waals surface area contributed by atoms with E-state index in [1.54, 1.807) is 6.20 Å². The van der Waals surface area contributed by atoms with Gasteiger partial charge in [-0.15, -0.1) is 0 Å². The quantitative estimate of drug-likeness (QED) is 0.737. The standard InChI is InChI=1S/C18H17N3O/c1-3-20-13-21(17-12-8-7-11-16(17)20)14(2)18(22)19-15-9-5-4-6-10-15/h3-14H,1H2,2H3/p+1/t14-/m0/s1. The molecule has 0 radical (unpaired) electrons. The number of para-hydroxylation sites is 3. The molecule has 3 aromatic rings. The van der Waals surface area contributed by atoms with Crippen molar-refractivity contribution in [2.75, 3.05) is 5.32 Å². The van der Waals surface area contributed by atoms with E-state index in [-0.39, 0.29) is 11.9 Å². The highest BCUT2D eigenvalue weighted by molar-refractivity contribution is 5.92. The SMILES string of the molecule is C=Cn1c[n+]([C@@H](C)C(=O)Nc2ccccc2)c2ccccc21. The molecule has 0 saturated heterocycles. The number of benzene rings is 2. The molecular formula is C18H18N3O+. The van der Waals surface area contributed by atoms with Crippen LogP contribution in [0.25, 0.3) is 17.2 Å². The molecule has 22 heavy (non-hydrogen) atoms. The molecule has 2 aromatic carbocycles. The average molecular weight is 292 g/mol. The summed E-state index contributed by atoms with van der Waals surface area (Å²) in [6.07, 6.45) is 3.63. The van der Waals surface area contributed by atoms with Crippen molar-refractivity contribution in [1.29, 1.82) is 0 Å². The fourth-order valence-electron chi connectivity index (χ4n) is 2.51. The number of fused-ring (bicyclic) bond motifs is 1. The fraction of sp³-hybridized carbons (Fsp3) is 0.111. The van der Waals surface area contributed by atoms with Crippen LogP contribution in [0.4, 0.5) is 5.69 Å². The number of anilines is 1. The Morgan fingerprint density at radius 1 is 1.18 bits per heavy atom. The second kappa shape index (κ2) is 5.85. The van der Waals surface area contributed by atoms with Crippen molar-refractivity contribution < 1.29 is 9.36 Å². The van der Waals surface area contributed by atoms with Crippen LogP contribution in [0, 0.1) is 0 Å². The average Bonchev–Trinajstić information content (AvgIpc) is 2.94. The molecule has 0 aliphatic rings. The van der Waals surface area contributed by atoms with Gasteiger partial charge < -0.3 is 5.32 Å². The van der Waals surface area contributed by atoms with E-state index >= 15 is 0 Å². The Labute approximate surface area is 129 Å². The van der Waals surface area contributed by atoms with E-state index in [1.807, 2.05) is 77.0 Å². The molecule has 1 aromatic heterocycles. The summed E-state index contributed by atoms with van der Waals surface area (Å²) < 4.78 is 3.87. The number of nitrogens with zero attached hydrogens (tertiary/aromatic N) is 2. The van der Waals surface area contributed by atoms with E-state index in [1.165, 1.54) is 0 Å². The van der Waals surface area contributed by atoms with Crippen LogP contribution < -0.4 is 9.88 Å². The van der Waals surface area contributed by atoms with Gasteiger partial charge in [-0.3, -0.25) is 4.79 Å². The van der Waals surface area contributed by atoms with Gasteiger partial charge in [0.2, 0.25) is 6.33 Å². The summed E-state index contributed by atoms with van der Waals surface area (Å²) in [5.74, 6) is -0.0526. The Morgan fingerprint density at radius 3 is 2.59 bits per heavy atom. The predicted molar refractivity (Wildman–Crippen MR) is 88.3 cm³/mol. The minimum atomic E-state index is -0.327. The third kappa shape index (κ3) is 2.51. The van der Waals surface area contributed by atoms with E-state index in [0.717, 1.165) is 16.7 Å². The maximum absolute atomic E-state index is 12.5. The molecule has 4 heteroatoms. The second-order valence-electron chi connectivity index (χ2n) is 5.13. The number of nitrogens with one attached hydrogen (secondary N) is 1. The van der Waals surface area contributed by atoms with Crippen molar-refractivity contribution in [3.63, 3.8) is 0 Å². The number of hydrogen-bond donors (Lipinski definition) is 1. The minimum absolute atomic E-state index is 0.0526. The van der Waals surface area contributed by atoms with Crippen LogP contribution in [0.5, 0.6) is 0 Å². The highest BCUT2D eigenvalue weighted by Crippen LogP contribution is 2.14. The Bertz CT molecular complexity index is 821. The first-order valence-electron chi connectivity index (χ1n) is 7.20. The van der Waals surface area contributed by atoms with E-state index in [0.29, 0.717) is 0 Å².